The first-order valence-electron chi connectivity index (χ1n) is 15.1. The zero-order chi connectivity index (χ0) is 25.8. The summed E-state index contributed by atoms with van der Waals surface area (Å²) in [6.45, 7) is 17.5. The third kappa shape index (κ3) is 5.27. The van der Waals surface area contributed by atoms with Gasteiger partial charge in [-0.15, -0.1) is 0 Å². The van der Waals surface area contributed by atoms with Crippen LogP contribution in [0.15, 0.2) is 0 Å². The monoisotopic (exact) mass is 508 g/mol. The first-order valence-corrected chi connectivity index (χ1v) is 16.9. The van der Waals surface area contributed by atoms with Crippen LogP contribution in [0, 0.1) is 70.0 Å². The maximum atomic E-state index is 11.8. The van der Waals surface area contributed by atoms with E-state index in [1.807, 2.05) is 0 Å². The van der Waals surface area contributed by atoms with Crippen molar-refractivity contribution in [3.63, 3.8) is 0 Å². The van der Waals surface area contributed by atoms with Crippen LogP contribution in [0.3, 0.4) is 0 Å². The summed E-state index contributed by atoms with van der Waals surface area (Å²) in [5.74, 6) is 7.37. The van der Waals surface area contributed by atoms with Gasteiger partial charge in [-0.1, -0.05) is 61.3 Å². The molecule has 4 aliphatic carbocycles. The van der Waals surface area contributed by atoms with Crippen LogP contribution in [0.5, 0.6) is 0 Å². The molecule has 204 valence electrons. The maximum absolute atomic E-state index is 11.8. The van der Waals surface area contributed by atoms with Crippen molar-refractivity contribution in [3.8, 4) is 0 Å². The molecular formula is C31H56O3S. The molecule has 4 fully saturated rings. The highest BCUT2D eigenvalue weighted by atomic mass is 32.2. The highest BCUT2D eigenvalue weighted by Gasteiger charge is 2.60. The topological polar surface area (TPSA) is 43.4 Å². The average molecular weight is 509 g/mol. The van der Waals surface area contributed by atoms with E-state index in [0.717, 1.165) is 41.9 Å². The van der Waals surface area contributed by atoms with Crippen molar-refractivity contribution in [2.24, 2.45) is 70.0 Å². The fourth-order valence-electron chi connectivity index (χ4n) is 10.6. The Morgan fingerprint density at radius 2 is 1.51 bits per heavy atom. The predicted molar refractivity (Wildman–Crippen MR) is 146 cm³/mol. The minimum Gasteiger partial charge on any atom is -0.270 e. The van der Waals surface area contributed by atoms with Gasteiger partial charge in [-0.3, -0.25) is 4.18 Å². The molecule has 0 aromatic carbocycles. The summed E-state index contributed by atoms with van der Waals surface area (Å²) < 4.78 is 28.9. The first-order chi connectivity index (χ1) is 16.3. The molecule has 11 atom stereocenters. The zero-order valence-corrected chi connectivity index (χ0v) is 25.0. The Balaban J connectivity index is 1.48. The molecule has 4 heteroatoms. The normalized spacial score (nSPS) is 44.3. The SMILES string of the molecule is CC(C)[C@@H](C)[C@H](COS(C)(=O)=O)C[C@@H](C)[C@H]1CC[C@H]2[C@@H]3CC[C@H]4[C@H](C)CCC[C@]4(C)[C@H]3CC[C@]12C. The highest BCUT2D eigenvalue weighted by molar-refractivity contribution is 7.85. The summed E-state index contributed by atoms with van der Waals surface area (Å²) in [5.41, 5.74) is 1.06. The molecule has 0 amide bonds. The summed E-state index contributed by atoms with van der Waals surface area (Å²) in [4.78, 5) is 0. The van der Waals surface area contributed by atoms with Crippen molar-refractivity contribution < 1.29 is 12.6 Å². The first kappa shape index (κ1) is 27.9. The van der Waals surface area contributed by atoms with Gasteiger partial charge in [0.15, 0.2) is 0 Å². The van der Waals surface area contributed by atoms with Gasteiger partial charge >= 0.3 is 0 Å². The van der Waals surface area contributed by atoms with Crippen molar-refractivity contribution in [2.75, 3.05) is 12.9 Å². The second kappa shape index (κ2) is 10.2. The van der Waals surface area contributed by atoms with Crippen molar-refractivity contribution >= 4 is 10.1 Å². The molecular weight excluding hydrogens is 452 g/mol. The van der Waals surface area contributed by atoms with Crippen molar-refractivity contribution in [1.29, 1.82) is 0 Å². The van der Waals surface area contributed by atoms with Crippen LogP contribution >= 0.6 is 0 Å². The van der Waals surface area contributed by atoms with Crippen LogP contribution < -0.4 is 0 Å². The van der Waals surface area contributed by atoms with Gasteiger partial charge in [-0.2, -0.15) is 8.42 Å². The maximum Gasteiger partial charge on any atom is 0.264 e. The van der Waals surface area contributed by atoms with E-state index in [4.69, 9.17) is 4.18 Å². The summed E-state index contributed by atoms with van der Waals surface area (Å²) in [6, 6.07) is 0. The Bertz CT molecular complexity index is 836. The van der Waals surface area contributed by atoms with Crippen molar-refractivity contribution in [2.45, 2.75) is 113 Å². The number of hydrogen-bond donors (Lipinski definition) is 0. The zero-order valence-electron chi connectivity index (χ0n) is 24.2. The van der Waals surface area contributed by atoms with E-state index in [1.54, 1.807) is 0 Å². The van der Waals surface area contributed by atoms with Gasteiger partial charge < -0.3 is 0 Å². The minimum atomic E-state index is -3.40. The van der Waals surface area contributed by atoms with Crippen molar-refractivity contribution in [1.82, 2.24) is 0 Å². The molecule has 0 bridgehead atoms. The molecule has 0 radical (unpaired) electrons. The fourth-order valence-corrected chi connectivity index (χ4v) is 11.0. The summed E-state index contributed by atoms with van der Waals surface area (Å²) >= 11 is 0. The number of rotatable bonds is 8. The molecule has 0 aromatic heterocycles. The second-order valence-electron chi connectivity index (χ2n) is 14.7. The van der Waals surface area contributed by atoms with E-state index in [0.29, 0.717) is 41.1 Å². The predicted octanol–water partition coefficient (Wildman–Crippen LogP) is 8.19. The van der Waals surface area contributed by atoms with Gasteiger partial charge in [-0.05, 0) is 121 Å². The lowest BCUT2D eigenvalue weighted by molar-refractivity contribution is -0.127. The van der Waals surface area contributed by atoms with Gasteiger partial charge in [0.1, 0.15) is 0 Å². The van der Waals surface area contributed by atoms with E-state index in [-0.39, 0.29) is 0 Å². The Morgan fingerprint density at radius 1 is 0.857 bits per heavy atom. The molecule has 0 unspecified atom stereocenters. The average Bonchev–Trinajstić information content (AvgIpc) is 3.12. The molecule has 0 aliphatic heterocycles. The molecule has 0 N–H and O–H groups in total. The van der Waals surface area contributed by atoms with Crippen LogP contribution in [0.2, 0.25) is 0 Å². The Labute approximate surface area is 218 Å². The van der Waals surface area contributed by atoms with Crippen LogP contribution in [0.4, 0.5) is 0 Å². The molecule has 4 aliphatic rings. The fraction of sp³-hybridized carbons (Fsp3) is 1.00. The van der Waals surface area contributed by atoms with Gasteiger partial charge in [0.2, 0.25) is 0 Å². The second-order valence-corrected chi connectivity index (χ2v) is 16.4. The molecule has 35 heavy (non-hydrogen) atoms. The molecule has 0 spiro atoms. The van der Waals surface area contributed by atoms with E-state index in [2.05, 4.69) is 48.5 Å². The molecule has 0 aromatic rings. The number of hydrogen-bond acceptors (Lipinski definition) is 3. The van der Waals surface area contributed by atoms with E-state index in [1.165, 1.54) is 64.0 Å². The van der Waals surface area contributed by atoms with Gasteiger partial charge in [-0.25, -0.2) is 0 Å². The molecule has 3 nitrogen and oxygen atoms in total. The van der Waals surface area contributed by atoms with Crippen LogP contribution in [-0.4, -0.2) is 21.3 Å². The van der Waals surface area contributed by atoms with Gasteiger partial charge in [0, 0.05) is 0 Å². The van der Waals surface area contributed by atoms with Crippen LogP contribution in [-0.2, 0) is 14.3 Å². The van der Waals surface area contributed by atoms with E-state index >= 15 is 0 Å². The molecule has 0 saturated heterocycles. The number of fused-ring (bicyclic) bond motifs is 5. The lowest BCUT2D eigenvalue weighted by Crippen LogP contribution is -2.54. The quantitative estimate of drug-likeness (QED) is 0.310. The summed E-state index contributed by atoms with van der Waals surface area (Å²) in [6.07, 6.45) is 15.3. The van der Waals surface area contributed by atoms with Gasteiger partial charge in [0.05, 0.1) is 12.9 Å². The minimum absolute atomic E-state index is 0.303. The third-order valence-corrected chi connectivity index (χ3v) is 13.3. The summed E-state index contributed by atoms with van der Waals surface area (Å²) in [5, 5.41) is 0. The van der Waals surface area contributed by atoms with E-state index < -0.39 is 10.1 Å². The van der Waals surface area contributed by atoms with Crippen LogP contribution in [0.1, 0.15) is 113 Å². The third-order valence-electron chi connectivity index (χ3n) is 12.7. The molecule has 4 rings (SSSR count). The molecule has 0 heterocycles. The smallest absolute Gasteiger partial charge is 0.264 e. The summed E-state index contributed by atoms with van der Waals surface area (Å²) in [7, 11) is -3.40. The van der Waals surface area contributed by atoms with Crippen molar-refractivity contribution in [3.05, 3.63) is 0 Å². The Morgan fingerprint density at radius 3 is 2.17 bits per heavy atom. The van der Waals surface area contributed by atoms with E-state index in [9.17, 15) is 8.42 Å². The largest absolute Gasteiger partial charge is 0.270 e. The highest BCUT2D eigenvalue weighted by Crippen LogP contribution is 2.69. The van der Waals surface area contributed by atoms with Gasteiger partial charge in [0.25, 0.3) is 10.1 Å². The lowest BCUT2D eigenvalue weighted by Gasteiger charge is -2.62. The standard InChI is InChI=1S/C31H56O3S/c1-20(2)23(5)24(19-34-35(8,32)33)18-22(4)27-13-14-28-25-11-12-26-21(3)10-9-16-30(26,6)29(25)15-17-31(27,28)7/h20-29H,9-19H2,1-8H3/t21-,22-,23-,24+,25+,26+,27-,28+,29+,30+,31-/m1/s1. The lowest BCUT2D eigenvalue weighted by atomic mass is 9.43. The van der Waals surface area contributed by atoms with Crippen LogP contribution in [0.25, 0.3) is 0 Å². The Kier molecular flexibility index (Phi) is 8.17. The Hall–Kier alpha value is -0.0900. The molecule has 4 saturated carbocycles.